The zero-order valence-electron chi connectivity index (χ0n) is 31.4. The van der Waals surface area contributed by atoms with Crippen LogP contribution in [-0.2, 0) is 39.1 Å². The van der Waals surface area contributed by atoms with Crippen LogP contribution in [0.4, 0.5) is 11.4 Å². The van der Waals surface area contributed by atoms with Gasteiger partial charge in [-0.25, -0.2) is 0 Å². The van der Waals surface area contributed by atoms with Crippen LogP contribution in [0.15, 0.2) is 65.4 Å². The second-order valence-corrected chi connectivity index (χ2v) is 15.9. The van der Waals surface area contributed by atoms with E-state index in [1.54, 1.807) is 59.1 Å². The number of nitrogens with two attached hydrogens (primary N) is 2. The molecule has 5 N–H and O–H groups in total. The zero-order valence-corrected chi connectivity index (χ0v) is 33.1. The molecule has 7 rings (SSSR count). The number of aromatic hydroxyl groups is 1. The fourth-order valence-electron chi connectivity index (χ4n) is 7.46. The van der Waals surface area contributed by atoms with E-state index in [-0.39, 0.29) is 54.2 Å². The van der Waals surface area contributed by atoms with E-state index in [0.717, 1.165) is 25.7 Å². The molecule has 0 aliphatic carbocycles. The van der Waals surface area contributed by atoms with Gasteiger partial charge in [-0.15, -0.1) is 22.7 Å². The number of rotatable bonds is 12. The highest BCUT2D eigenvalue weighted by atomic mass is 32.1. The van der Waals surface area contributed by atoms with E-state index in [1.165, 1.54) is 35.1 Å². The van der Waals surface area contributed by atoms with Crippen LogP contribution in [0.25, 0.3) is 0 Å². The molecule has 0 bridgehead atoms. The van der Waals surface area contributed by atoms with Crippen LogP contribution >= 0.6 is 22.7 Å². The Bertz CT molecular complexity index is 2070. The summed E-state index contributed by atoms with van der Waals surface area (Å²) in [4.78, 5) is 34.1. The second kappa shape index (κ2) is 16.1. The van der Waals surface area contributed by atoms with Gasteiger partial charge in [-0.3, -0.25) is 9.59 Å². The number of nitrogen functional groups attached to an aromatic ring is 2. The Hall–Kier alpha value is -5.40. The molecule has 2 amide bonds. The fourth-order valence-corrected chi connectivity index (χ4v) is 9.40. The molecule has 5 aromatic rings. The Morgan fingerprint density at radius 1 is 0.691 bits per heavy atom. The molecule has 11 nitrogen and oxygen atoms in total. The molecule has 2 aromatic heterocycles. The number of benzene rings is 3. The topological polar surface area (TPSA) is 150 Å². The lowest BCUT2D eigenvalue weighted by Crippen LogP contribution is -2.43. The maximum absolute atomic E-state index is 13.8. The molecule has 2 aliphatic heterocycles. The largest absolute Gasteiger partial charge is 0.508 e. The fraction of sp³-hybridized carbons (Fsp3) is 0.333. The lowest BCUT2D eigenvalue weighted by Gasteiger charge is -2.35. The number of phenols is 1. The minimum absolute atomic E-state index is 0.0288. The van der Waals surface area contributed by atoms with Gasteiger partial charge < -0.3 is 45.3 Å². The Kier molecular flexibility index (Phi) is 11.1. The van der Waals surface area contributed by atoms with Crippen LogP contribution in [0.3, 0.4) is 0 Å². The molecule has 0 saturated heterocycles. The van der Waals surface area contributed by atoms with Crippen molar-refractivity contribution >= 4 is 45.9 Å². The van der Waals surface area contributed by atoms with Crippen LogP contribution in [0.5, 0.6) is 28.7 Å². The van der Waals surface area contributed by atoms with Crippen molar-refractivity contribution in [2.45, 2.75) is 77.9 Å². The molecule has 2 aliphatic rings. The summed E-state index contributed by atoms with van der Waals surface area (Å²) in [5.41, 5.74) is 17.9. The number of phenolic OH excluding ortho intramolecular Hbond substituents is 1. The number of methoxy groups -OCH3 is 2. The number of anilines is 2. The third-order valence-corrected chi connectivity index (χ3v) is 12.5. The van der Waals surface area contributed by atoms with Gasteiger partial charge in [-0.05, 0) is 88.3 Å². The summed E-state index contributed by atoms with van der Waals surface area (Å²) in [5, 5.41) is 14.8. The predicted octanol–water partition coefficient (Wildman–Crippen LogP) is 7.81. The first-order valence-corrected chi connectivity index (χ1v) is 20.1. The van der Waals surface area contributed by atoms with Crippen molar-refractivity contribution in [3.63, 3.8) is 0 Å². The number of ether oxygens (including phenoxy) is 4. The van der Waals surface area contributed by atoms with Gasteiger partial charge in [0, 0.05) is 71.3 Å². The molecule has 13 heteroatoms. The molecule has 0 spiro atoms. The van der Waals surface area contributed by atoms with Gasteiger partial charge in [0.25, 0.3) is 11.8 Å². The number of hydrogen-bond donors (Lipinski definition) is 3. The molecule has 2 atom stereocenters. The third-order valence-electron chi connectivity index (χ3n) is 10.5. The van der Waals surface area contributed by atoms with Crippen LogP contribution in [0.2, 0.25) is 0 Å². The molecule has 0 unspecified atom stereocenters. The molecule has 0 radical (unpaired) electrons. The van der Waals surface area contributed by atoms with Crippen LogP contribution in [0.1, 0.15) is 79.4 Å². The first kappa shape index (κ1) is 37.9. The maximum Gasteiger partial charge on any atom is 0.256 e. The Balaban J connectivity index is 1.03. The minimum atomic E-state index is -0.146. The number of carbonyl (C=O) groups excluding carboxylic acids is 2. The predicted molar refractivity (Wildman–Crippen MR) is 216 cm³/mol. The Morgan fingerprint density at radius 2 is 1.13 bits per heavy atom. The monoisotopic (exact) mass is 782 g/mol. The van der Waals surface area contributed by atoms with Gasteiger partial charge >= 0.3 is 0 Å². The van der Waals surface area contributed by atoms with Crippen molar-refractivity contribution < 1.29 is 33.6 Å². The average Bonchev–Trinajstić information content (AvgIpc) is 3.86. The van der Waals surface area contributed by atoms with Crippen molar-refractivity contribution in [3.8, 4) is 28.7 Å². The summed E-state index contributed by atoms with van der Waals surface area (Å²) in [5.74, 6) is 1.21. The molecular weight excluding hydrogens is 737 g/mol. The van der Waals surface area contributed by atoms with E-state index in [0.29, 0.717) is 58.3 Å². The van der Waals surface area contributed by atoms with E-state index in [4.69, 9.17) is 30.4 Å². The van der Waals surface area contributed by atoms with Gasteiger partial charge in [0.05, 0.1) is 25.3 Å². The van der Waals surface area contributed by atoms with E-state index in [9.17, 15) is 14.7 Å². The molecular formula is C42H46N4O7S2. The summed E-state index contributed by atoms with van der Waals surface area (Å²) >= 11 is 3.47. The third kappa shape index (κ3) is 7.76. The van der Waals surface area contributed by atoms with Gasteiger partial charge in [0.2, 0.25) is 0 Å². The molecule has 0 fully saturated rings. The molecule has 0 saturated carbocycles. The highest BCUT2D eigenvalue weighted by Gasteiger charge is 2.33. The summed E-state index contributed by atoms with van der Waals surface area (Å²) in [6.07, 6.45) is 3.33. The lowest BCUT2D eigenvalue weighted by molar-refractivity contribution is 0.0630. The SMILES string of the molecule is CC[C@@H]1Cc2sccc2CN1C(=O)c1cc(OC)c(OCc2cc(O)cc(COc3cc(N)c(C(=O)N4Cc5ccsc5C[C@H]4CC)cc3OC)c2)cc1N. The van der Waals surface area contributed by atoms with Crippen LogP contribution < -0.4 is 30.4 Å². The minimum Gasteiger partial charge on any atom is -0.508 e. The zero-order chi connectivity index (χ0) is 38.8. The standard InChI is InChI=1S/C42H46N4O7S2/c1-5-28-14-39-26(7-9-54-39)20-45(28)41(48)31-16-35(50-3)37(18-33(31)43)52-22-24-11-25(13-30(47)12-24)23-53-38-19-34(44)32(17-36(38)51-4)42(49)46-21-27-8-10-55-40(27)15-29(46)6-2/h7-13,16-19,28-29,47H,5-6,14-15,20-23,43-44H2,1-4H3/t28-,29-/m1/s1. The van der Waals surface area contributed by atoms with Crippen molar-refractivity contribution in [2.24, 2.45) is 0 Å². The van der Waals surface area contributed by atoms with Crippen LogP contribution in [-0.4, -0.2) is 53.0 Å². The number of amides is 2. The summed E-state index contributed by atoms with van der Waals surface area (Å²) in [7, 11) is 3.03. The first-order valence-electron chi connectivity index (χ1n) is 18.3. The second-order valence-electron chi connectivity index (χ2n) is 13.9. The number of carbonyl (C=O) groups is 2. The average molecular weight is 783 g/mol. The van der Waals surface area contributed by atoms with Gasteiger partial charge in [-0.2, -0.15) is 0 Å². The smallest absolute Gasteiger partial charge is 0.256 e. The molecule has 3 aromatic carbocycles. The van der Waals surface area contributed by atoms with Crippen LogP contribution in [0, 0.1) is 0 Å². The van der Waals surface area contributed by atoms with E-state index in [1.807, 2.05) is 15.9 Å². The highest BCUT2D eigenvalue weighted by molar-refractivity contribution is 7.10. The normalized spacial score (nSPS) is 16.3. The van der Waals surface area contributed by atoms with Gasteiger partial charge in [-0.1, -0.05) is 13.8 Å². The summed E-state index contributed by atoms with van der Waals surface area (Å²) in [6, 6.07) is 15.9. The Morgan fingerprint density at radius 3 is 1.53 bits per heavy atom. The van der Waals surface area contributed by atoms with Gasteiger partial charge in [0.15, 0.2) is 23.0 Å². The van der Waals surface area contributed by atoms with Crippen molar-refractivity contribution in [3.05, 3.63) is 108 Å². The van der Waals surface area contributed by atoms with E-state index in [2.05, 4.69) is 36.7 Å². The summed E-state index contributed by atoms with van der Waals surface area (Å²) in [6.45, 7) is 5.41. The number of fused-ring (bicyclic) bond motifs is 2. The number of thiophene rings is 2. The lowest BCUT2D eigenvalue weighted by atomic mass is 9.98. The number of hydrogen-bond acceptors (Lipinski definition) is 11. The first-order chi connectivity index (χ1) is 26.6. The quantitative estimate of drug-likeness (QED) is 0.108. The Labute approximate surface area is 329 Å². The molecule has 55 heavy (non-hydrogen) atoms. The van der Waals surface area contributed by atoms with Crippen molar-refractivity contribution in [2.75, 3.05) is 25.7 Å². The van der Waals surface area contributed by atoms with Crippen molar-refractivity contribution in [1.29, 1.82) is 0 Å². The van der Waals surface area contributed by atoms with E-state index < -0.39 is 0 Å². The molecule has 4 heterocycles. The molecule has 288 valence electrons. The number of nitrogens with zero attached hydrogens (tertiary/aromatic N) is 2. The summed E-state index contributed by atoms with van der Waals surface area (Å²) < 4.78 is 23.6. The van der Waals surface area contributed by atoms with Crippen molar-refractivity contribution in [1.82, 2.24) is 9.80 Å². The highest BCUT2D eigenvalue weighted by Crippen LogP contribution is 2.38. The maximum atomic E-state index is 13.8. The van der Waals surface area contributed by atoms with E-state index >= 15 is 0 Å². The van der Waals surface area contributed by atoms with Gasteiger partial charge in [0.1, 0.15) is 19.0 Å².